The Morgan fingerprint density at radius 3 is 2.64 bits per heavy atom. The molecule has 0 saturated carbocycles. The Labute approximate surface area is 157 Å². The summed E-state index contributed by atoms with van der Waals surface area (Å²) in [5.74, 6) is 0.282. The second-order valence-corrected chi connectivity index (χ2v) is 7.57. The summed E-state index contributed by atoms with van der Waals surface area (Å²) in [6.07, 6.45) is 2.96. The topological polar surface area (TPSA) is 66.3 Å². The monoisotopic (exact) mass is 403 g/mol. The second kappa shape index (κ2) is 7.95. The Morgan fingerprint density at radius 2 is 2.04 bits per heavy atom. The van der Waals surface area contributed by atoms with Crippen molar-refractivity contribution in [1.82, 2.24) is 9.97 Å². The van der Waals surface area contributed by atoms with E-state index in [1.165, 1.54) is 12.3 Å². The van der Waals surface area contributed by atoms with Gasteiger partial charge >= 0.3 is 0 Å². The fourth-order valence-electron chi connectivity index (χ4n) is 3.09. The van der Waals surface area contributed by atoms with Crippen molar-refractivity contribution in [3.63, 3.8) is 0 Å². The van der Waals surface area contributed by atoms with Crippen LogP contribution in [0.15, 0.2) is 24.4 Å². The molecule has 1 aromatic carbocycles. The highest BCUT2D eigenvalue weighted by Crippen LogP contribution is 2.33. The van der Waals surface area contributed by atoms with Gasteiger partial charge in [-0.05, 0) is 36.0 Å². The number of nitrogens with zero attached hydrogens (tertiary/aromatic N) is 3. The van der Waals surface area contributed by atoms with Crippen LogP contribution in [0.1, 0.15) is 29.9 Å². The van der Waals surface area contributed by atoms with Gasteiger partial charge in [0, 0.05) is 13.1 Å². The van der Waals surface area contributed by atoms with Crippen molar-refractivity contribution >= 4 is 40.1 Å². The van der Waals surface area contributed by atoms with Crippen molar-refractivity contribution in [2.75, 3.05) is 18.0 Å². The van der Waals surface area contributed by atoms with Crippen LogP contribution in [-0.2, 0) is 16.8 Å². The van der Waals surface area contributed by atoms with Crippen LogP contribution in [0.4, 0.5) is 10.2 Å². The molecule has 2 heterocycles. The van der Waals surface area contributed by atoms with Crippen LogP contribution < -0.4 is 4.90 Å². The number of rotatable bonds is 4. The minimum Gasteiger partial charge on any atom is -0.354 e. The first-order valence-corrected chi connectivity index (χ1v) is 9.76. The summed E-state index contributed by atoms with van der Waals surface area (Å²) in [6, 6.07) is 4.77. The van der Waals surface area contributed by atoms with Gasteiger partial charge in [-0.3, -0.25) is 0 Å². The van der Waals surface area contributed by atoms with Gasteiger partial charge in [-0.2, -0.15) is 0 Å². The minimum atomic E-state index is -1.97. The van der Waals surface area contributed by atoms with Gasteiger partial charge in [-0.1, -0.05) is 35.3 Å². The van der Waals surface area contributed by atoms with Gasteiger partial charge in [0.2, 0.25) is 0 Å². The highest BCUT2D eigenvalue weighted by atomic mass is 35.5. The van der Waals surface area contributed by atoms with Gasteiger partial charge in [0.1, 0.15) is 11.0 Å². The minimum absolute atomic E-state index is 0.0661. The van der Waals surface area contributed by atoms with Gasteiger partial charge in [0.25, 0.3) is 0 Å². The lowest BCUT2D eigenvalue weighted by atomic mass is 9.88. The molecular weight excluding hydrogens is 388 g/mol. The standard InChI is InChI=1S/C16H16Cl2FN3O2S/c17-14-8-20-16(15(18)21-14)22-5-3-11(4-6-22)12-2-1-10(7-13(12)19)9-25(23)24/h1-2,7-8,11H,3-6,9H2,(H,23,24). The smallest absolute Gasteiger partial charge is 0.173 e. The lowest BCUT2D eigenvalue weighted by Gasteiger charge is -2.33. The van der Waals surface area contributed by atoms with Gasteiger partial charge in [0.05, 0.1) is 11.9 Å². The van der Waals surface area contributed by atoms with E-state index in [1.807, 2.05) is 4.90 Å². The molecule has 134 valence electrons. The molecule has 2 aromatic rings. The van der Waals surface area contributed by atoms with Gasteiger partial charge in [-0.25, -0.2) is 18.6 Å². The van der Waals surface area contributed by atoms with Crippen LogP contribution >= 0.6 is 23.2 Å². The van der Waals surface area contributed by atoms with Crippen molar-refractivity contribution in [1.29, 1.82) is 0 Å². The Balaban J connectivity index is 1.69. The third kappa shape index (κ3) is 4.47. The molecule has 1 saturated heterocycles. The highest BCUT2D eigenvalue weighted by Gasteiger charge is 2.25. The van der Waals surface area contributed by atoms with Crippen LogP contribution in [0.3, 0.4) is 0 Å². The van der Waals surface area contributed by atoms with E-state index in [0.29, 0.717) is 30.0 Å². The number of benzene rings is 1. The SMILES string of the molecule is O=S(O)Cc1ccc(C2CCN(c3ncc(Cl)nc3Cl)CC2)c(F)c1. The molecule has 1 atom stereocenters. The zero-order valence-corrected chi connectivity index (χ0v) is 15.5. The summed E-state index contributed by atoms with van der Waals surface area (Å²) >= 11 is 9.89. The van der Waals surface area contributed by atoms with Crippen LogP contribution in [0.25, 0.3) is 0 Å². The van der Waals surface area contributed by atoms with Crippen molar-refractivity contribution in [2.45, 2.75) is 24.5 Å². The van der Waals surface area contributed by atoms with Crippen LogP contribution in [0.5, 0.6) is 0 Å². The normalized spacial score (nSPS) is 16.9. The number of hydrogen-bond donors (Lipinski definition) is 1. The van der Waals surface area contributed by atoms with Gasteiger partial charge in [0.15, 0.2) is 22.1 Å². The summed E-state index contributed by atoms with van der Waals surface area (Å²) in [5.41, 5.74) is 1.16. The van der Waals surface area contributed by atoms with E-state index in [1.54, 1.807) is 12.1 Å². The average Bonchev–Trinajstić information content (AvgIpc) is 2.55. The summed E-state index contributed by atoms with van der Waals surface area (Å²) in [4.78, 5) is 10.2. The number of anilines is 1. The third-order valence-corrected chi connectivity index (χ3v) is 5.29. The summed E-state index contributed by atoms with van der Waals surface area (Å²) in [6.45, 7) is 1.37. The average molecular weight is 404 g/mol. The molecule has 0 aliphatic carbocycles. The van der Waals surface area contributed by atoms with E-state index in [9.17, 15) is 8.60 Å². The third-order valence-electron chi connectivity index (χ3n) is 4.27. The fraction of sp³-hybridized carbons (Fsp3) is 0.375. The molecule has 1 aliphatic heterocycles. The Hall–Kier alpha value is -1.28. The van der Waals surface area contributed by atoms with Crippen LogP contribution in [0.2, 0.25) is 10.3 Å². The molecule has 1 aromatic heterocycles. The maximum Gasteiger partial charge on any atom is 0.173 e. The zero-order chi connectivity index (χ0) is 18.0. The van der Waals surface area contributed by atoms with Crippen LogP contribution in [-0.4, -0.2) is 31.8 Å². The largest absolute Gasteiger partial charge is 0.354 e. The molecule has 25 heavy (non-hydrogen) atoms. The summed E-state index contributed by atoms with van der Waals surface area (Å²) in [7, 11) is 0. The second-order valence-electron chi connectivity index (χ2n) is 5.89. The van der Waals surface area contributed by atoms with Crippen molar-refractivity contribution in [3.8, 4) is 0 Å². The molecule has 0 radical (unpaired) electrons. The quantitative estimate of drug-likeness (QED) is 0.780. The number of hydrogen-bond acceptors (Lipinski definition) is 4. The first-order chi connectivity index (χ1) is 11.9. The van der Waals surface area contributed by atoms with E-state index in [-0.39, 0.29) is 27.8 Å². The first kappa shape index (κ1) is 18.5. The lowest BCUT2D eigenvalue weighted by Crippen LogP contribution is -2.34. The van der Waals surface area contributed by atoms with E-state index in [0.717, 1.165) is 12.8 Å². The van der Waals surface area contributed by atoms with Gasteiger partial charge < -0.3 is 9.45 Å². The molecule has 0 spiro atoms. The maximum absolute atomic E-state index is 14.4. The molecular formula is C16H16Cl2FN3O2S. The molecule has 5 nitrogen and oxygen atoms in total. The Kier molecular flexibility index (Phi) is 5.89. The highest BCUT2D eigenvalue weighted by molar-refractivity contribution is 7.78. The lowest BCUT2D eigenvalue weighted by molar-refractivity contribution is 0.479. The van der Waals surface area contributed by atoms with E-state index in [4.69, 9.17) is 27.8 Å². The van der Waals surface area contributed by atoms with Crippen molar-refractivity contribution in [3.05, 3.63) is 51.6 Å². The van der Waals surface area contributed by atoms with E-state index >= 15 is 0 Å². The fourth-order valence-corrected chi connectivity index (χ4v) is 3.99. The Morgan fingerprint density at radius 1 is 1.32 bits per heavy atom. The van der Waals surface area contributed by atoms with E-state index in [2.05, 4.69) is 9.97 Å². The van der Waals surface area contributed by atoms with Crippen molar-refractivity contribution < 1.29 is 13.2 Å². The number of halogens is 3. The predicted octanol–water partition coefficient (Wildman–Crippen LogP) is 4.03. The first-order valence-electron chi connectivity index (χ1n) is 7.73. The molecule has 0 bridgehead atoms. The summed E-state index contributed by atoms with van der Waals surface area (Å²) in [5, 5.41) is 0.507. The number of aromatic nitrogens is 2. The molecule has 1 N–H and O–H groups in total. The van der Waals surface area contributed by atoms with Crippen molar-refractivity contribution in [2.24, 2.45) is 0 Å². The van der Waals surface area contributed by atoms with Crippen LogP contribution in [0, 0.1) is 5.82 Å². The van der Waals surface area contributed by atoms with Gasteiger partial charge in [-0.15, -0.1) is 0 Å². The zero-order valence-electron chi connectivity index (χ0n) is 13.2. The Bertz CT molecular complexity index is 801. The summed E-state index contributed by atoms with van der Waals surface area (Å²) < 4.78 is 34.1. The molecule has 0 amide bonds. The molecule has 1 aliphatic rings. The number of piperidine rings is 1. The molecule has 1 fully saturated rings. The molecule has 3 rings (SSSR count). The maximum atomic E-state index is 14.4. The molecule has 1 unspecified atom stereocenters. The molecule has 9 heteroatoms. The van der Waals surface area contributed by atoms with E-state index < -0.39 is 11.1 Å². The predicted molar refractivity (Wildman–Crippen MR) is 97.1 cm³/mol.